The summed E-state index contributed by atoms with van der Waals surface area (Å²) in [5.74, 6) is -0.309. The topological polar surface area (TPSA) is 29.5 Å². The van der Waals surface area contributed by atoms with Crippen molar-refractivity contribution < 1.29 is 9.53 Å². The molecule has 0 fully saturated rings. The maximum Gasteiger partial charge on any atom is 0.333 e. The largest absolute Gasteiger partial charge is 0.461 e. The van der Waals surface area contributed by atoms with Gasteiger partial charge in [-0.25, -0.2) is 4.79 Å². The summed E-state index contributed by atoms with van der Waals surface area (Å²) in [7, 11) is 0. The lowest BCUT2D eigenvalue weighted by atomic mass is 10.2. The summed E-state index contributed by atoms with van der Waals surface area (Å²) in [6, 6.07) is 10.3. The van der Waals surface area contributed by atoms with Gasteiger partial charge in [0.2, 0.25) is 0 Å². The van der Waals surface area contributed by atoms with Gasteiger partial charge in [-0.05, 0) is 25.5 Å². The average molecular weight is 261 g/mol. The second kappa shape index (κ2) is 8.48. The van der Waals surface area contributed by atoms with Gasteiger partial charge in [-0.3, -0.25) is 4.90 Å². The predicted octanol–water partition coefficient (Wildman–Crippen LogP) is 3.02. The Morgan fingerprint density at radius 2 is 1.95 bits per heavy atom. The quantitative estimate of drug-likeness (QED) is 0.532. The van der Waals surface area contributed by atoms with Crippen molar-refractivity contribution in [1.82, 2.24) is 4.90 Å². The van der Waals surface area contributed by atoms with Crippen LogP contribution in [0.3, 0.4) is 0 Å². The fourth-order valence-electron chi connectivity index (χ4n) is 1.82. The summed E-state index contributed by atoms with van der Waals surface area (Å²) in [6.45, 7) is 10.4. The zero-order valence-corrected chi connectivity index (χ0v) is 11.9. The third-order valence-corrected chi connectivity index (χ3v) is 2.78. The highest BCUT2D eigenvalue weighted by Crippen LogP contribution is 2.05. The molecular formula is C16H23NO2. The molecule has 0 saturated heterocycles. The molecule has 0 aliphatic carbocycles. The van der Waals surface area contributed by atoms with E-state index in [2.05, 4.69) is 30.5 Å². The summed E-state index contributed by atoms with van der Waals surface area (Å²) in [5, 5.41) is 0. The Kier molecular flexibility index (Phi) is 6.90. The minimum Gasteiger partial charge on any atom is -0.461 e. The fourth-order valence-corrected chi connectivity index (χ4v) is 1.82. The molecule has 0 atom stereocenters. The van der Waals surface area contributed by atoms with Crippen LogP contribution in [0.1, 0.15) is 25.8 Å². The molecule has 0 amide bonds. The van der Waals surface area contributed by atoms with Crippen LogP contribution in [0.2, 0.25) is 0 Å². The molecule has 0 radical (unpaired) electrons. The highest BCUT2D eigenvalue weighted by Gasteiger charge is 2.07. The smallest absolute Gasteiger partial charge is 0.333 e. The van der Waals surface area contributed by atoms with Gasteiger partial charge in [0.05, 0.1) is 0 Å². The highest BCUT2D eigenvalue weighted by atomic mass is 16.5. The number of hydrogen-bond donors (Lipinski definition) is 0. The van der Waals surface area contributed by atoms with Crippen molar-refractivity contribution in [3.63, 3.8) is 0 Å². The molecule has 3 heteroatoms. The molecule has 0 saturated carbocycles. The van der Waals surface area contributed by atoms with E-state index in [0.29, 0.717) is 12.2 Å². The van der Waals surface area contributed by atoms with Crippen LogP contribution < -0.4 is 0 Å². The van der Waals surface area contributed by atoms with Crippen LogP contribution in [0, 0.1) is 0 Å². The zero-order chi connectivity index (χ0) is 14.1. The van der Waals surface area contributed by atoms with Gasteiger partial charge in [0.15, 0.2) is 0 Å². The van der Waals surface area contributed by atoms with Crippen LogP contribution in [0.4, 0.5) is 0 Å². The Labute approximate surface area is 115 Å². The third kappa shape index (κ3) is 6.20. The van der Waals surface area contributed by atoms with Gasteiger partial charge in [-0.1, -0.05) is 43.8 Å². The molecule has 0 unspecified atom stereocenters. The molecule has 0 aromatic heterocycles. The number of rotatable bonds is 8. The molecule has 3 nitrogen and oxygen atoms in total. The first-order valence-corrected chi connectivity index (χ1v) is 6.72. The summed E-state index contributed by atoms with van der Waals surface area (Å²) < 4.78 is 5.14. The number of ether oxygens (including phenoxy) is 1. The molecule has 0 bridgehead atoms. The van der Waals surface area contributed by atoms with Gasteiger partial charge < -0.3 is 4.74 Å². The van der Waals surface area contributed by atoms with Crippen molar-refractivity contribution in [3.05, 3.63) is 48.0 Å². The lowest BCUT2D eigenvalue weighted by Crippen LogP contribution is -2.28. The zero-order valence-electron chi connectivity index (χ0n) is 11.9. The lowest BCUT2D eigenvalue weighted by molar-refractivity contribution is -0.139. The van der Waals surface area contributed by atoms with Gasteiger partial charge in [-0.2, -0.15) is 0 Å². The van der Waals surface area contributed by atoms with E-state index in [1.54, 1.807) is 6.92 Å². The van der Waals surface area contributed by atoms with E-state index < -0.39 is 0 Å². The van der Waals surface area contributed by atoms with Crippen LogP contribution >= 0.6 is 0 Å². The summed E-state index contributed by atoms with van der Waals surface area (Å²) >= 11 is 0. The number of carbonyl (C=O) groups excluding carboxylic acids is 1. The summed E-state index contributed by atoms with van der Waals surface area (Å²) in [5.41, 5.74) is 1.73. The maximum atomic E-state index is 11.3. The first-order chi connectivity index (χ1) is 9.13. The Bertz CT molecular complexity index is 400. The average Bonchev–Trinajstić information content (AvgIpc) is 2.39. The summed E-state index contributed by atoms with van der Waals surface area (Å²) in [4.78, 5) is 13.6. The van der Waals surface area contributed by atoms with Crippen molar-refractivity contribution in [2.75, 3.05) is 19.7 Å². The lowest BCUT2D eigenvalue weighted by Gasteiger charge is -2.21. The van der Waals surface area contributed by atoms with E-state index in [4.69, 9.17) is 4.74 Å². The van der Waals surface area contributed by atoms with E-state index in [1.165, 1.54) is 5.56 Å². The predicted molar refractivity (Wildman–Crippen MR) is 77.8 cm³/mol. The number of hydrogen-bond acceptors (Lipinski definition) is 3. The molecule has 19 heavy (non-hydrogen) atoms. The van der Waals surface area contributed by atoms with E-state index >= 15 is 0 Å². The minimum absolute atomic E-state index is 0.309. The maximum absolute atomic E-state index is 11.3. The van der Waals surface area contributed by atoms with Gasteiger partial charge >= 0.3 is 5.97 Å². The molecule has 0 aliphatic heterocycles. The molecule has 1 aromatic carbocycles. The van der Waals surface area contributed by atoms with Crippen molar-refractivity contribution in [3.8, 4) is 0 Å². The van der Waals surface area contributed by atoms with Crippen molar-refractivity contribution in [2.45, 2.75) is 26.8 Å². The molecule has 0 N–H and O–H groups in total. The molecule has 104 valence electrons. The number of carbonyl (C=O) groups is 1. The first-order valence-electron chi connectivity index (χ1n) is 6.72. The standard InChI is InChI=1S/C16H23NO2/c1-4-10-17(11-12-19-16(18)14(2)3)13-15-8-6-5-7-9-15/h5-9H,2,4,10-13H2,1,3H3. The van der Waals surface area contributed by atoms with Crippen molar-refractivity contribution in [1.29, 1.82) is 0 Å². The number of benzene rings is 1. The molecular weight excluding hydrogens is 238 g/mol. The molecule has 0 heterocycles. The Morgan fingerprint density at radius 1 is 1.26 bits per heavy atom. The van der Waals surface area contributed by atoms with Crippen LogP contribution in [0.25, 0.3) is 0 Å². The highest BCUT2D eigenvalue weighted by molar-refractivity contribution is 5.86. The second-order valence-corrected chi connectivity index (χ2v) is 4.68. The van der Waals surface area contributed by atoms with Crippen LogP contribution in [-0.2, 0) is 16.1 Å². The van der Waals surface area contributed by atoms with Crippen molar-refractivity contribution >= 4 is 5.97 Å². The van der Waals surface area contributed by atoms with E-state index in [-0.39, 0.29) is 5.97 Å². The second-order valence-electron chi connectivity index (χ2n) is 4.68. The minimum atomic E-state index is -0.309. The number of esters is 1. The Hall–Kier alpha value is -1.61. The van der Waals surface area contributed by atoms with Gasteiger partial charge in [0, 0.05) is 18.7 Å². The Balaban J connectivity index is 2.40. The van der Waals surface area contributed by atoms with E-state index in [0.717, 1.165) is 26.1 Å². The van der Waals surface area contributed by atoms with Crippen LogP contribution in [0.5, 0.6) is 0 Å². The van der Waals surface area contributed by atoms with Crippen LogP contribution in [-0.4, -0.2) is 30.6 Å². The number of nitrogens with zero attached hydrogens (tertiary/aromatic N) is 1. The molecule has 0 aliphatic rings. The SMILES string of the molecule is C=C(C)C(=O)OCCN(CCC)Cc1ccccc1. The first kappa shape index (κ1) is 15.4. The molecule has 1 rings (SSSR count). The van der Waals surface area contributed by atoms with E-state index in [9.17, 15) is 4.79 Å². The van der Waals surface area contributed by atoms with Crippen molar-refractivity contribution in [2.24, 2.45) is 0 Å². The molecule has 1 aromatic rings. The van der Waals surface area contributed by atoms with Gasteiger partial charge in [0.25, 0.3) is 0 Å². The summed E-state index contributed by atoms with van der Waals surface area (Å²) in [6.07, 6.45) is 1.08. The van der Waals surface area contributed by atoms with E-state index in [1.807, 2.05) is 18.2 Å². The van der Waals surface area contributed by atoms with Gasteiger partial charge in [0.1, 0.15) is 6.61 Å². The van der Waals surface area contributed by atoms with Gasteiger partial charge in [-0.15, -0.1) is 0 Å². The Morgan fingerprint density at radius 3 is 2.53 bits per heavy atom. The third-order valence-electron chi connectivity index (χ3n) is 2.78. The van der Waals surface area contributed by atoms with Crippen LogP contribution in [0.15, 0.2) is 42.5 Å². The monoisotopic (exact) mass is 261 g/mol. The fraction of sp³-hybridized carbons (Fsp3) is 0.438. The normalized spacial score (nSPS) is 10.5. The molecule has 0 spiro atoms.